The van der Waals surface area contributed by atoms with E-state index >= 15 is 0 Å². The number of likely N-dealkylation sites (tertiary alicyclic amines) is 1. The summed E-state index contributed by atoms with van der Waals surface area (Å²) < 4.78 is 5.48. The summed E-state index contributed by atoms with van der Waals surface area (Å²) in [5.74, 6) is 0.348. The minimum atomic E-state index is -0.469. The van der Waals surface area contributed by atoms with E-state index in [0.717, 1.165) is 46.7 Å². The van der Waals surface area contributed by atoms with Gasteiger partial charge in [-0.1, -0.05) is 12.1 Å². The first-order valence-corrected chi connectivity index (χ1v) is 11.0. The van der Waals surface area contributed by atoms with Crippen molar-refractivity contribution in [3.63, 3.8) is 0 Å². The van der Waals surface area contributed by atoms with Crippen molar-refractivity contribution in [2.75, 3.05) is 19.6 Å². The van der Waals surface area contributed by atoms with Gasteiger partial charge >= 0.3 is 6.09 Å². The summed E-state index contributed by atoms with van der Waals surface area (Å²) in [6.45, 7) is 7.71. The first-order valence-electron chi connectivity index (χ1n) is 10.2. The number of carbonyl (C=O) groups is 2. The summed E-state index contributed by atoms with van der Waals surface area (Å²) >= 11 is 1.64. The molecular weight excluding hydrogens is 386 g/mol. The molecule has 1 saturated heterocycles. The van der Waals surface area contributed by atoms with E-state index in [0.29, 0.717) is 25.6 Å². The predicted octanol–water partition coefficient (Wildman–Crippen LogP) is 4.21. The Bertz CT molecular complexity index is 924. The van der Waals surface area contributed by atoms with Crippen LogP contribution in [0.4, 0.5) is 4.79 Å². The molecule has 1 N–H and O–H groups in total. The molecule has 3 heterocycles. The Morgan fingerprint density at radius 1 is 1.24 bits per heavy atom. The van der Waals surface area contributed by atoms with Crippen molar-refractivity contribution in [3.8, 4) is 10.6 Å². The molecule has 0 atom stereocenters. The van der Waals surface area contributed by atoms with Gasteiger partial charge in [0.25, 0.3) is 5.91 Å². The van der Waals surface area contributed by atoms with E-state index in [1.165, 1.54) is 0 Å². The van der Waals surface area contributed by atoms with Crippen LogP contribution in [0, 0.1) is 0 Å². The normalized spacial score (nSPS) is 17.6. The molecule has 154 valence electrons. The van der Waals surface area contributed by atoms with E-state index in [2.05, 4.69) is 16.8 Å². The molecule has 0 spiro atoms. The molecule has 0 unspecified atom stereocenters. The zero-order chi connectivity index (χ0) is 20.6. The highest BCUT2D eigenvalue weighted by Gasteiger charge is 2.29. The van der Waals surface area contributed by atoms with Crippen LogP contribution in [0.3, 0.4) is 0 Å². The lowest BCUT2D eigenvalue weighted by atomic mass is 9.94. The number of piperidine rings is 1. The molecule has 1 aromatic carbocycles. The summed E-state index contributed by atoms with van der Waals surface area (Å²) in [6, 6.07) is 5.87. The van der Waals surface area contributed by atoms with Crippen LogP contribution < -0.4 is 5.32 Å². The number of hydrogen-bond acceptors (Lipinski definition) is 5. The molecule has 2 aromatic rings. The second-order valence-corrected chi connectivity index (χ2v) is 9.51. The first-order chi connectivity index (χ1) is 13.8. The Balaban J connectivity index is 1.46. The smallest absolute Gasteiger partial charge is 0.410 e. The van der Waals surface area contributed by atoms with Crippen molar-refractivity contribution in [3.05, 3.63) is 40.4 Å². The van der Waals surface area contributed by atoms with Gasteiger partial charge < -0.3 is 15.0 Å². The maximum Gasteiger partial charge on any atom is 0.410 e. The van der Waals surface area contributed by atoms with Crippen molar-refractivity contribution in [1.82, 2.24) is 15.2 Å². The minimum Gasteiger partial charge on any atom is -0.444 e. The van der Waals surface area contributed by atoms with Gasteiger partial charge in [0.05, 0.1) is 5.69 Å². The molecule has 7 heteroatoms. The van der Waals surface area contributed by atoms with Crippen molar-refractivity contribution in [2.24, 2.45) is 0 Å². The average molecular weight is 414 g/mol. The number of aromatic nitrogens is 1. The summed E-state index contributed by atoms with van der Waals surface area (Å²) in [4.78, 5) is 31.1. The Morgan fingerprint density at radius 3 is 2.69 bits per heavy atom. The Hall–Kier alpha value is -2.41. The number of amides is 2. The van der Waals surface area contributed by atoms with Crippen LogP contribution in [0.2, 0.25) is 0 Å². The van der Waals surface area contributed by atoms with Gasteiger partial charge in [-0.25, -0.2) is 9.78 Å². The lowest BCUT2D eigenvalue weighted by Gasteiger charge is -2.32. The third kappa shape index (κ3) is 4.29. The first kappa shape index (κ1) is 19.9. The maximum atomic E-state index is 12.3. The third-order valence-corrected chi connectivity index (χ3v) is 6.29. The van der Waals surface area contributed by atoms with Crippen LogP contribution in [0.15, 0.2) is 23.6 Å². The Labute approximate surface area is 175 Å². The van der Waals surface area contributed by atoms with Gasteiger partial charge in [0.1, 0.15) is 10.6 Å². The number of hydrogen-bond donors (Lipinski definition) is 1. The topological polar surface area (TPSA) is 71.5 Å². The van der Waals surface area contributed by atoms with Crippen molar-refractivity contribution in [1.29, 1.82) is 0 Å². The van der Waals surface area contributed by atoms with Crippen LogP contribution in [0.1, 0.15) is 61.1 Å². The summed E-state index contributed by atoms with van der Waals surface area (Å²) in [7, 11) is 0. The maximum absolute atomic E-state index is 12.3. The molecule has 0 aliphatic carbocycles. The second-order valence-electron chi connectivity index (χ2n) is 8.66. The number of nitrogens with zero attached hydrogens (tertiary/aromatic N) is 2. The summed E-state index contributed by atoms with van der Waals surface area (Å²) in [5.41, 5.74) is 3.54. The molecule has 0 saturated carbocycles. The van der Waals surface area contributed by atoms with Crippen LogP contribution in [0.25, 0.3) is 10.6 Å². The highest BCUT2D eigenvalue weighted by atomic mass is 32.1. The predicted molar refractivity (Wildman–Crippen MR) is 113 cm³/mol. The number of benzene rings is 1. The molecule has 1 fully saturated rings. The van der Waals surface area contributed by atoms with Gasteiger partial charge in [0.15, 0.2) is 0 Å². The number of thiazole rings is 1. The number of nitrogens with one attached hydrogen (secondary N) is 1. The van der Waals surface area contributed by atoms with Crippen LogP contribution >= 0.6 is 11.3 Å². The van der Waals surface area contributed by atoms with Crippen molar-refractivity contribution in [2.45, 2.75) is 51.6 Å². The summed E-state index contributed by atoms with van der Waals surface area (Å²) in [6.07, 6.45) is 2.37. The molecule has 0 radical (unpaired) electrons. The van der Waals surface area contributed by atoms with Gasteiger partial charge in [-0.2, -0.15) is 0 Å². The van der Waals surface area contributed by atoms with Gasteiger partial charge in [-0.05, 0) is 51.7 Å². The van der Waals surface area contributed by atoms with E-state index in [1.807, 2.05) is 32.9 Å². The van der Waals surface area contributed by atoms with Gasteiger partial charge in [0.2, 0.25) is 0 Å². The monoisotopic (exact) mass is 413 g/mol. The molecule has 2 amide bonds. The number of carbonyl (C=O) groups excluding carboxylic acids is 2. The Morgan fingerprint density at radius 2 is 1.97 bits per heavy atom. The lowest BCUT2D eigenvalue weighted by Crippen LogP contribution is -2.41. The molecule has 29 heavy (non-hydrogen) atoms. The molecule has 4 rings (SSSR count). The molecule has 2 aliphatic rings. The number of rotatable bonds is 2. The van der Waals surface area contributed by atoms with Gasteiger partial charge in [0, 0.05) is 42.1 Å². The molecule has 0 bridgehead atoms. The van der Waals surface area contributed by atoms with Gasteiger partial charge in [-0.15, -0.1) is 11.3 Å². The molecule has 6 nitrogen and oxygen atoms in total. The SMILES string of the molecule is CC(C)(C)OC(=O)N1CCC(c2csc(-c3cccc4c3CCNC4=O)n2)CC1. The molecular formula is C22H27N3O3S. The fraction of sp³-hybridized carbons (Fsp3) is 0.500. The Kier molecular flexibility index (Phi) is 5.34. The number of fused-ring (bicyclic) bond motifs is 1. The van der Waals surface area contributed by atoms with Crippen LogP contribution in [-0.2, 0) is 11.2 Å². The number of ether oxygens (including phenoxy) is 1. The van der Waals surface area contributed by atoms with Gasteiger partial charge in [-0.3, -0.25) is 4.79 Å². The quantitative estimate of drug-likeness (QED) is 0.801. The minimum absolute atomic E-state index is 0.000561. The standard InChI is InChI=1S/C22H27N3O3S/c1-22(2,3)28-21(27)25-11-8-14(9-12-25)18-13-29-20(24-18)17-6-4-5-16-15(17)7-10-23-19(16)26/h4-6,13-14H,7-12H2,1-3H3,(H,23,26). The van der Waals surface area contributed by atoms with E-state index in [4.69, 9.17) is 9.72 Å². The fourth-order valence-corrected chi connectivity index (χ4v) is 4.90. The lowest BCUT2D eigenvalue weighted by molar-refractivity contribution is 0.0204. The fourth-order valence-electron chi connectivity index (χ4n) is 3.95. The van der Waals surface area contributed by atoms with E-state index in [-0.39, 0.29) is 12.0 Å². The zero-order valence-electron chi connectivity index (χ0n) is 17.2. The third-order valence-electron chi connectivity index (χ3n) is 5.40. The summed E-state index contributed by atoms with van der Waals surface area (Å²) in [5, 5.41) is 6.01. The van der Waals surface area contributed by atoms with Crippen LogP contribution in [-0.4, -0.2) is 47.1 Å². The van der Waals surface area contributed by atoms with Crippen LogP contribution in [0.5, 0.6) is 0 Å². The van der Waals surface area contributed by atoms with E-state index in [1.54, 1.807) is 16.2 Å². The second kappa shape index (κ2) is 7.78. The average Bonchev–Trinajstić information content (AvgIpc) is 3.17. The highest BCUT2D eigenvalue weighted by molar-refractivity contribution is 7.13. The molecule has 2 aliphatic heterocycles. The largest absolute Gasteiger partial charge is 0.444 e. The highest BCUT2D eigenvalue weighted by Crippen LogP contribution is 2.35. The van der Waals surface area contributed by atoms with E-state index < -0.39 is 5.60 Å². The van der Waals surface area contributed by atoms with Crippen molar-refractivity contribution >= 4 is 23.3 Å². The van der Waals surface area contributed by atoms with E-state index in [9.17, 15) is 9.59 Å². The zero-order valence-corrected chi connectivity index (χ0v) is 18.0. The van der Waals surface area contributed by atoms with Crippen molar-refractivity contribution < 1.29 is 14.3 Å². The molecule has 1 aromatic heterocycles.